The molecule has 12 nitrogen and oxygen atoms in total. The topological polar surface area (TPSA) is 154 Å². The Balaban J connectivity index is 0.000000270. The van der Waals surface area contributed by atoms with Crippen molar-refractivity contribution >= 4 is 17.6 Å². The molecule has 1 saturated carbocycles. The van der Waals surface area contributed by atoms with Crippen LogP contribution in [0.3, 0.4) is 0 Å². The van der Waals surface area contributed by atoms with Crippen molar-refractivity contribution < 1.29 is 36.5 Å². The number of rotatable bonds is 8. The molecule has 1 unspecified atom stereocenters. The Hall–Kier alpha value is -3.82. The third-order valence-electron chi connectivity index (χ3n) is 6.65. The molecule has 16 heteroatoms. The molecule has 0 radical (unpaired) electrons. The molecular formula is C23H28F4N8O4. The number of ether oxygens (including phenoxy) is 1. The standard InChI is InChI=1S/C19H25F2N5O2.C4H3F2N3O2/c1-28-12-16(25-7-6-22-18(25)27)14-9-17-24-15(11-26(17)23-10-14)8-13-2-4-19(20,21)5-3-13;5-3(6)1-2(4(7)10)9-11-8-1/h9-11,13,16H,2-8,12H2,1H3,(H,22,27);3H,(H2,7,10). The Morgan fingerprint density at radius 1 is 1.31 bits per heavy atom. The lowest BCUT2D eigenvalue weighted by molar-refractivity contribution is -0.0457. The Morgan fingerprint density at radius 3 is 2.64 bits per heavy atom. The lowest BCUT2D eigenvalue weighted by Crippen LogP contribution is -2.34. The monoisotopic (exact) mass is 556 g/mol. The number of imidazole rings is 1. The minimum atomic E-state index is -2.90. The summed E-state index contributed by atoms with van der Waals surface area (Å²) in [6, 6.07) is 1.58. The van der Waals surface area contributed by atoms with Crippen LogP contribution in [0.25, 0.3) is 5.65 Å². The number of fused-ring (bicyclic) bond motifs is 1. The zero-order chi connectivity index (χ0) is 28.2. The lowest BCUT2D eigenvalue weighted by Gasteiger charge is -2.27. The molecule has 1 atom stereocenters. The molecule has 0 bridgehead atoms. The molecule has 1 saturated heterocycles. The lowest BCUT2D eigenvalue weighted by atomic mass is 9.84. The average Bonchev–Trinajstić information content (AvgIpc) is 3.63. The number of nitrogens with one attached hydrogen (secondary N) is 1. The molecule has 0 aromatic carbocycles. The molecule has 3 N–H and O–H groups in total. The van der Waals surface area contributed by atoms with Crippen LogP contribution in [0.2, 0.25) is 0 Å². The van der Waals surface area contributed by atoms with Crippen LogP contribution in [0, 0.1) is 5.92 Å². The number of hydrogen-bond acceptors (Lipinski definition) is 8. The van der Waals surface area contributed by atoms with E-state index in [0.29, 0.717) is 44.6 Å². The maximum Gasteiger partial charge on any atom is 0.318 e. The molecule has 1 aliphatic heterocycles. The Labute approximate surface area is 219 Å². The summed E-state index contributed by atoms with van der Waals surface area (Å²) in [5.74, 6) is -3.36. The van der Waals surface area contributed by atoms with Gasteiger partial charge in [-0.15, -0.1) is 0 Å². The highest BCUT2D eigenvalue weighted by Crippen LogP contribution is 2.37. The molecule has 3 amide bonds. The van der Waals surface area contributed by atoms with E-state index in [1.54, 1.807) is 22.7 Å². The van der Waals surface area contributed by atoms with Gasteiger partial charge in [0.2, 0.25) is 11.6 Å². The number of amides is 3. The highest BCUT2D eigenvalue weighted by molar-refractivity contribution is 5.91. The second kappa shape index (κ2) is 11.9. The van der Waals surface area contributed by atoms with Crippen molar-refractivity contribution in [2.75, 3.05) is 26.8 Å². The van der Waals surface area contributed by atoms with Gasteiger partial charge in [0.25, 0.3) is 12.3 Å². The summed E-state index contributed by atoms with van der Waals surface area (Å²) in [6.45, 7) is 1.60. The smallest absolute Gasteiger partial charge is 0.318 e. The van der Waals surface area contributed by atoms with E-state index >= 15 is 0 Å². The van der Waals surface area contributed by atoms with Crippen molar-refractivity contribution in [3.8, 4) is 0 Å². The van der Waals surface area contributed by atoms with Crippen molar-refractivity contribution in [1.29, 1.82) is 0 Å². The molecule has 4 heterocycles. The van der Waals surface area contributed by atoms with Gasteiger partial charge in [0, 0.05) is 38.6 Å². The molecule has 0 spiro atoms. The molecule has 212 valence electrons. The van der Waals surface area contributed by atoms with Crippen LogP contribution in [0.5, 0.6) is 0 Å². The highest BCUT2D eigenvalue weighted by atomic mass is 19.3. The average molecular weight is 557 g/mol. The summed E-state index contributed by atoms with van der Waals surface area (Å²) in [6.07, 6.45) is 2.36. The molecule has 3 aromatic heterocycles. The first-order chi connectivity index (χ1) is 18.6. The van der Waals surface area contributed by atoms with Crippen molar-refractivity contribution in [3.05, 3.63) is 41.1 Å². The number of urea groups is 1. The van der Waals surface area contributed by atoms with Gasteiger partial charge in [-0.1, -0.05) is 0 Å². The minimum absolute atomic E-state index is 0.0377. The minimum Gasteiger partial charge on any atom is -0.382 e. The molecule has 2 fully saturated rings. The zero-order valence-corrected chi connectivity index (χ0v) is 21.0. The van der Waals surface area contributed by atoms with E-state index < -0.39 is 29.6 Å². The van der Waals surface area contributed by atoms with Gasteiger partial charge in [0.05, 0.1) is 30.7 Å². The number of carbonyl (C=O) groups is 2. The van der Waals surface area contributed by atoms with Gasteiger partial charge < -0.3 is 20.7 Å². The quantitative estimate of drug-likeness (QED) is 0.402. The maximum atomic E-state index is 13.4. The number of nitrogens with two attached hydrogens (primary N) is 1. The number of hydrogen-bond donors (Lipinski definition) is 2. The second-order valence-corrected chi connectivity index (χ2v) is 9.39. The second-order valence-electron chi connectivity index (χ2n) is 9.39. The first-order valence-corrected chi connectivity index (χ1v) is 12.2. The van der Waals surface area contributed by atoms with E-state index in [9.17, 15) is 27.2 Å². The summed E-state index contributed by atoms with van der Waals surface area (Å²) in [7, 11) is 1.61. The number of nitrogens with zero attached hydrogens (tertiary/aromatic N) is 6. The molecule has 1 aliphatic carbocycles. The first kappa shape index (κ1) is 28.2. The summed E-state index contributed by atoms with van der Waals surface area (Å²) in [5.41, 5.74) is 5.63. The van der Waals surface area contributed by atoms with Gasteiger partial charge in [0.1, 0.15) is 0 Å². The number of alkyl halides is 4. The van der Waals surface area contributed by atoms with Crippen LogP contribution in [-0.2, 0) is 11.2 Å². The van der Waals surface area contributed by atoms with Crippen LogP contribution >= 0.6 is 0 Å². The van der Waals surface area contributed by atoms with E-state index in [2.05, 4.69) is 36.1 Å². The van der Waals surface area contributed by atoms with Crippen molar-refractivity contribution in [3.63, 3.8) is 0 Å². The van der Waals surface area contributed by atoms with Gasteiger partial charge in [-0.25, -0.2) is 36.5 Å². The maximum absolute atomic E-state index is 13.4. The third-order valence-corrected chi connectivity index (χ3v) is 6.65. The Morgan fingerprint density at radius 2 is 2.05 bits per heavy atom. The van der Waals surface area contributed by atoms with E-state index in [-0.39, 0.29) is 30.8 Å². The Kier molecular flexibility index (Phi) is 8.62. The van der Waals surface area contributed by atoms with Gasteiger partial charge in [-0.3, -0.25) is 4.79 Å². The molecule has 3 aromatic rings. The number of halogens is 4. The predicted molar refractivity (Wildman–Crippen MR) is 126 cm³/mol. The Bertz CT molecular complexity index is 1290. The number of aromatic nitrogens is 5. The number of methoxy groups -OCH3 is 1. The molecule has 39 heavy (non-hydrogen) atoms. The summed E-state index contributed by atoms with van der Waals surface area (Å²) in [5, 5.41) is 12.9. The summed E-state index contributed by atoms with van der Waals surface area (Å²) >= 11 is 0. The van der Waals surface area contributed by atoms with Crippen LogP contribution in [0.1, 0.15) is 65.6 Å². The van der Waals surface area contributed by atoms with Crippen LogP contribution < -0.4 is 11.1 Å². The normalized spacial score (nSPS) is 18.2. The van der Waals surface area contributed by atoms with Crippen LogP contribution in [0.15, 0.2) is 23.1 Å². The van der Waals surface area contributed by atoms with E-state index in [4.69, 9.17) is 4.74 Å². The predicted octanol–water partition coefficient (Wildman–Crippen LogP) is 2.92. The zero-order valence-electron chi connectivity index (χ0n) is 21.0. The molecule has 5 rings (SSSR count). The van der Waals surface area contributed by atoms with E-state index in [0.717, 1.165) is 11.3 Å². The molecule has 2 aliphatic rings. The van der Waals surface area contributed by atoms with E-state index in [1.165, 1.54) is 0 Å². The fourth-order valence-electron chi connectivity index (χ4n) is 4.64. The van der Waals surface area contributed by atoms with E-state index in [1.807, 2.05) is 12.3 Å². The van der Waals surface area contributed by atoms with Gasteiger partial charge in [-0.2, -0.15) is 5.10 Å². The van der Waals surface area contributed by atoms with Crippen molar-refractivity contribution in [2.24, 2.45) is 11.7 Å². The largest absolute Gasteiger partial charge is 0.382 e. The van der Waals surface area contributed by atoms with Crippen molar-refractivity contribution in [2.45, 2.75) is 50.5 Å². The highest BCUT2D eigenvalue weighted by Gasteiger charge is 2.35. The molecular weight excluding hydrogens is 528 g/mol. The van der Waals surface area contributed by atoms with Gasteiger partial charge >= 0.3 is 6.03 Å². The summed E-state index contributed by atoms with van der Waals surface area (Å²) < 4.78 is 61.3. The fraction of sp³-hybridized carbons (Fsp3) is 0.565. The van der Waals surface area contributed by atoms with Crippen LogP contribution in [0.4, 0.5) is 22.4 Å². The van der Waals surface area contributed by atoms with Gasteiger partial charge in [-0.05, 0) is 41.6 Å². The SMILES string of the molecule is COCC(c1cnn2cc(CC3CCC(F)(F)CC3)nc2c1)N1CCNC1=O.NC(=O)c1nonc1C(F)F. The van der Waals surface area contributed by atoms with Crippen molar-refractivity contribution in [1.82, 2.24) is 35.1 Å². The summed E-state index contributed by atoms with van der Waals surface area (Å²) in [4.78, 5) is 28.8. The fourth-order valence-corrected chi connectivity index (χ4v) is 4.64. The number of primary amides is 1. The number of carbonyl (C=O) groups excluding carboxylic acids is 2. The van der Waals surface area contributed by atoms with Crippen LogP contribution in [-0.4, -0.2) is 74.5 Å². The third kappa shape index (κ3) is 6.79. The first-order valence-electron chi connectivity index (χ1n) is 12.2. The van der Waals surface area contributed by atoms with Gasteiger partial charge in [0.15, 0.2) is 11.3 Å².